The van der Waals surface area contributed by atoms with Gasteiger partial charge in [-0.2, -0.15) is 11.8 Å². The van der Waals surface area contributed by atoms with Gasteiger partial charge in [0, 0.05) is 12.3 Å². The average Bonchev–Trinajstić information content (AvgIpc) is 2.30. The predicted molar refractivity (Wildman–Crippen MR) is 71.0 cm³/mol. The molecule has 0 aliphatic rings. The fourth-order valence-corrected chi connectivity index (χ4v) is 2.71. The Morgan fingerprint density at radius 3 is 2.62 bits per heavy atom. The number of anilines is 1. The number of benzene rings is 1. The van der Waals surface area contributed by atoms with Gasteiger partial charge < -0.3 is 5.32 Å². The van der Waals surface area contributed by atoms with Gasteiger partial charge in [-0.1, -0.05) is 19.1 Å². The number of thioether (sulfide) groups is 1. The maximum Gasteiger partial charge on any atom is 0.180 e. The SMILES string of the molecule is CCS(=O)(=O)c1ccccc1NCCSC. The molecule has 16 heavy (non-hydrogen) atoms. The van der Waals surface area contributed by atoms with Gasteiger partial charge in [-0.05, 0) is 18.4 Å². The standard InChI is InChI=1S/C11H17NO2S2/c1-3-16(13,14)11-7-5-4-6-10(11)12-8-9-15-2/h4-7,12H,3,8-9H2,1-2H3. The summed E-state index contributed by atoms with van der Waals surface area (Å²) in [6, 6.07) is 7.06. The minimum absolute atomic E-state index is 0.133. The highest BCUT2D eigenvalue weighted by atomic mass is 32.2. The molecule has 0 saturated heterocycles. The molecule has 1 N–H and O–H groups in total. The van der Waals surface area contributed by atoms with Gasteiger partial charge >= 0.3 is 0 Å². The van der Waals surface area contributed by atoms with E-state index in [1.54, 1.807) is 30.8 Å². The summed E-state index contributed by atoms with van der Waals surface area (Å²) in [5.41, 5.74) is 0.707. The first-order valence-electron chi connectivity index (χ1n) is 5.16. The van der Waals surface area contributed by atoms with Crippen molar-refractivity contribution in [2.45, 2.75) is 11.8 Å². The van der Waals surface area contributed by atoms with Crippen molar-refractivity contribution < 1.29 is 8.42 Å². The molecule has 0 heterocycles. The third kappa shape index (κ3) is 3.42. The molecule has 0 unspecified atom stereocenters. The summed E-state index contributed by atoms with van der Waals surface area (Å²) in [4.78, 5) is 0.401. The van der Waals surface area contributed by atoms with Crippen LogP contribution in [-0.2, 0) is 9.84 Å². The highest BCUT2D eigenvalue weighted by molar-refractivity contribution is 7.98. The highest BCUT2D eigenvalue weighted by Gasteiger charge is 2.15. The van der Waals surface area contributed by atoms with E-state index >= 15 is 0 Å². The van der Waals surface area contributed by atoms with E-state index in [2.05, 4.69) is 5.32 Å². The van der Waals surface area contributed by atoms with Crippen LogP contribution in [0.15, 0.2) is 29.2 Å². The van der Waals surface area contributed by atoms with E-state index in [-0.39, 0.29) is 5.75 Å². The van der Waals surface area contributed by atoms with Crippen LogP contribution < -0.4 is 5.32 Å². The van der Waals surface area contributed by atoms with Crippen molar-refractivity contribution in [3.05, 3.63) is 24.3 Å². The summed E-state index contributed by atoms with van der Waals surface area (Å²) in [6.45, 7) is 2.44. The molecule has 1 aromatic carbocycles. The number of hydrogen-bond donors (Lipinski definition) is 1. The number of sulfone groups is 1. The molecular weight excluding hydrogens is 242 g/mol. The normalized spacial score (nSPS) is 11.4. The molecule has 0 fully saturated rings. The van der Waals surface area contributed by atoms with Crippen molar-refractivity contribution in [1.82, 2.24) is 0 Å². The molecule has 3 nitrogen and oxygen atoms in total. The molecule has 0 amide bonds. The predicted octanol–water partition coefficient (Wildman–Crippen LogP) is 2.26. The first kappa shape index (κ1) is 13.4. The summed E-state index contributed by atoms with van der Waals surface area (Å²) in [5, 5.41) is 3.15. The lowest BCUT2D eigenvalue weighted by atomic mass is 10.3. The minimum Gasteiger partial charge on any atom is -0.383 e. The molecule has 0 bridgehead atoms. The van der Waals surface area contributed by atoms with E-state index in [4.69, 9.17) is 0 Å². The summed E-state index contributed by atoms with van der Waals surface area (Å²) >= 11 is 1.73. The van der Waals surface area contributed by atoms with Crippen molar-refractivity contribution in [3.8, 4) is 0 Å². The van der Waals surface area contributed by atoms with Crippen molar-refractivity contribution in [1.29, 1.82) is 0 Å². The Hall–Kier alpha value is -0.680. The van der Waals surface area contributed by atoms with Gasteiger partial charge in [0.2, 0.25) is 0 Å². The Morgan fingerprint density at radius 1 is 1.31 bits per heavy atom. The number of rotatable bonds is 6. The molecule has 1 aromatic rings. The number of nitrogens with one attached hydrogen (secondary N) is 1. The van der Waals surface area contributed by atoms with Gasteiger partial charge in [0.1, 0.15) is 0 Å². The minimum atomic E-state index is -3.14. The summed E-state index contributed by atoms with van der Waals surface area (Å²) < 4.78 is 23.6. The molecule has 0 atom stereocenters. The second kappa shape index (κ2) is 6.15. The highest BCUT2D eigenvalue weighted by Crippen LogP contribution is 2.21. The van der Waals surface area contributed by atoms with Crippen molar-refractivity contribution >= 4 is 27.3 Å². The smallest absolute Gasteiger partial charge is 0.180 e. The van der Waals surface area contributed by atoms with Gasteiger partial charge in [-0.25, -0.2) is 8.42 Å². The van der Waals surface area contributed by atoms with Crippen LogP contribution in [0.25, 0.3) is 0 Å². The van der Waals surface area contributed by atoms with Crippen LogP contribution >= 0.6 is 11.8 Å². The number of hydrogen-bond acceptors (Lipinski definition) is 4. The van der Waals surface area contributed by atoms with Crippen molar-refractivity contribution in [2.24, 2.45) is 0 Å². The monoisotopic (exact) mass is 259 g/mol. The van der Waals surface area contributed by atoms with E-state index < -0.39 is 9.84 Å². The maximum absolute atomic E-state index is 11.8. The fourth-order valence-electron chi connectivity index (χ4n) is 1.33. The summed E-state index contributed by atoms with van der Waals surface area (Å²) in [5.74, 6) is 1.09. The molecular formula is C11H17NO2S2. The zero-order valence-electron chi connectivity index (χ0n) is 9.56. The quantitative estimate of drug-likeness (QED) is 0.796. The van der Waals surface area contributed by atoms with Gasteiger partial charge in [-0.3, -0.25) is 0 Å². The van der Waals surface area contributed by atoms with Crippen LogP contribution in [0.2, 0.25) is 0 Å². The molecule has 0 aliphatic carbocycles. The molecule has 0 saturated carbocycles. The van der Waals surface area contributed by atoms with E-state index in [0.717, 1.165) is 12.3 Å². The van der Waals surface area contributed by atoms with E-state index in [1.165, 1.54) is 0 Å². The fraction of sp³-hybridized carbons (Fsp3) is 0.455. The molecule has 0 aromatic heterocycles. The first-order chi connectivity index (χ1) is 7.61. The van der Waals surface area contributed by atoms with Crippen LogP contribution in [0.3, 0.4) is 0 Å². The number of para-hydroxylation sites is 1. The molecule has 0 radical (unpaired) electrons. The van der Waals surface area contributed by atoms with Gasteiger partial charge in [0.15, 0.2) is 9.84 Å². The van der Waals surface area contributed by atoms with Crippen LogP contribution in [0.5, 0.6) is 0 Å². The van der Waals surface area contributed by atoms with Gasteiger partial charge in [0.05, 0.1) is 16.3 Å². The van der Waals surface area contributed by atoms with E-state index in [9.17, 15) is 8.42 Å². The van der Waals surface area contributed by atoms with Gasteiger partial charge in [0.25, 0.3) is 0 Å². The van der Waals surface area contributed by atoms with Gasteiger partial charge in [-0.15, -0.1) is 0 Å². The second-order valence-electron chi connectivity index (χ2n) is 3.32. The Bertz CT molecular complexity index is 429. The second-order valence-corrected chi connectivity index (χ2v) is 6.55. The van der Waals surface area contributed by atoms with Crippen LogP contribution in [-0.4, -0.2) is 32.7 Å². The van der Waals surface area contributed by atoms with E-state index in [1.807, 2.05) is 18.4 Å². The molecule has 0 aliphatic heterocycles. The molecule has 1 rings (SSSR count). The maximum atomic E-state index is 11.8. The largest absolute Gasteiger partial charge is 0.383 e. The van der Waals surface area contributed by atoms with Crippen molar-refractivity contribution in [2.75, 3.05) is 29.6 Å². The summed E-state index contributed by atoms with van der Waals surface area (Å²) in [6.07, 6.45) is 2.02. The molecule has 0 spiro atoms. The van der Waals surface area contributed by atoms with Crippen molar-refractivity contribution in [3.63, 3.8) is 0 Å². The topological polar surface area (TPSA) is 46.2 Å². The Balaban J connectivity index is 2.92. The molecule has 5 heteroatoms. The summed E-state index contributed by atoms with van der Waals surface area (Å²) in [7, 11) is -3.14. The molecule has 90 valence electrons. The van der Waals surface area contributed by atoms with Crippen LogP contribution in [0.1, 0.15) is 6.92 Å². The lowest BCUT2D eigenvalue weighted by molar-refractivity contribution is 0.597. The lowest BCUT2D eigenvalue weighted by Crippen LogP contribution is -2.10. The first-order valence-corrected chi connectivity index (χ1v) is 8.21. The Kier molecular flexibility index (Phi) is 5.15. The third-order valence-electron chi connectivity index (χ3n) is 2.22. The Morgan fingerprint density at radius 2 is 2.00 bits per heavy atom. The van der Waals surface area contributed by atoms with Crippen LogP contribution in [0, 0.1) is 0 Å². The zero-order valence-corrected chi connectivity index (χ0v) is 11.2. The lowest BCUT2D eigenvalue weighted by Gasteiger charge is -2.10. The van der Waals surface area contributed by atoms with Crippen LogP contribution in [0.4, 0.5) is 5.69 Å². The Labute approximate surface area is 102 Å². The van der Waals surface area contributed by atoms with E-state index in [0.29, 0.717) is 10.6 Å². The average molecular weight is 259 g/mol. The third-order valence-corrected chi connectivity index (χ3v) is 4.62. The zero-order chi connectivity index (χ0) is 12.0.